The number of methoxy groups -OCH3 is 1. The summed E-state index contributed by atoms with van der Waals surface area (Å²) in [7, 11) is 1.61. The van der Waals surface area contributed by atoms with Gasteiger partial charge in [0.1, 0.15) is 12.4 Å². The van der Waals surface area contributed by atoms with Gasteiger partial charge in [-0.25, -0.2) is 4.79 Å². The van der Waals surface area contributed by atoms with E-state index in [2.05, 4.69) is 5.32 Å². The molecule has 1 amide bonds. The minimum atomic E-state index is -0.983. The number of aromatic carboxylic acids is 1. The van der Waals surface area contributed by atoms with Gasteiger partial charge in [0.05, 0.1) is 12.2 Å². The summed E-state index contributed by atoms with van der Waals surface area (Å²) >= 11 is 0. The lowest BCUT2D eigenvalue weighted by Crippen LogP contribution is -2.23. The average Bonchev–Trinajstić information content (AvgIpc) is 2.66. The molecule has 0 saturated heterocycles. The maximum absolute atomic E-state index is 12.1. The summed E-state index contributed by atoms with van der Waals surface area (Å²) in [5.41, 5.74) is 1.76. The van der Waals surface area contributed by atoms with Gasteiger partial charge in [0, 0.05) is 25.6 Å². The normalized spacial score (nSPS) is 10.3. The number of carbonyl (C=O) groups is 2. The zero-order valence-corrected chi connectivity index (χ0v) is 14.7. The number of hydrogen-bond acceptors (Lipinski definition) is 4. The van der Waals surface area contributed by atoms with Crippen LogP contribution in [0.1, 0.15) is 27.9 Å². The number of carboxylic acid groups (broad SMARTS) is 1. The zero-order chi connectivity index (χ0) is 18.8. The van der Waals surface area contributed by atoms with Gasteiger partial charge in [-0.15, -0.1) is 0 Å². The van der Waals surface area contributed by atoms with Gasteiger partial charge in [-0.05, 0) is 24.1 Å². The number of ether oxygens (including phenoxy) is 2. The molecule has 0 spiro atoms. The largest absolute Gasteiger partial charge is 0.491 e. The van der Waals surface area contributed by atoms with Gasteiger partial charge in [0.15, 0.2) is 0 Å². The molecule has 0 aliphatic heterocycles. The highest BCUT2D eigenvalue weighted by Gasteiger charge is 2.11. The van der Waals surface area contributed by atoms with Gasteiger partial charge in [-0.1, -0.05) is 36.4 Å². The number of aryl methyl sites for hydroxylation is 1. The van der Waals surface area contributed by atoms with Crippen LogP contribution in [0.4, 0.5) is 0 Å². The number of hydrogen-bond donors (Lipinski definition) is 2. The molecule has 2 N–H and O–H groups in total. The number of rotatable bonds is 10. The van der Waals surface area contributed by atoms with E-state index in [0.717, 1.165) is 5.56 Å². The number of nitrogens with one attached hydrogen (secondary N) is 1. The molecule has 0 aliphatic rings. The average molecular weight is 357 g/mol. The maximum atomic E-state index is 12.1. The Morgan fingerprint density at radius 1 is 1.00 bits per heavy atom. The van der Waals surface area contributed by atoms with Crippen molar-refractivity contribution in [3.63, 3.8) is 0 Å². The monoisotopic (exact) mass is 357 g/mol. The van der Waals surface area contributed by atoms with Gasteiger partial charge in [-0.2, -0.15) is 0 Å². The molecule has 0 radical (unpaired) electrons. The Bertz CT molecular complexity index is 744. The Morgan fingerprint density at radius 3 is 2.42 bits per heavy atom. The van der Waals surface area contributed by atoms with Crippen molar-refractivity contribution in [1.82, 2.24) is 5.32 Å². The summed E-state index contributed by atoms with van der Waals surface area (Å²) in [4.78, 5) is 23.3. The first-order chi connectivity index (χ1) is 12.6. The minimum Gasteiger partial charge on any atom is -0.491 e. The van der Waals surface area contributed by atoms with Crippen LogP contribution < -0.4 is 10.1 Å². The SMILES string of the molecule is COCCOc1ccccc1CNC(=O)CCc1ccccc1C(=O)O. The van der Waals surface area contributed by atoms with Crippen molar-refractivity contribution in [3.8, 4) is 5.75 Å². The summed E-state index contributed by atoms with van der Waals surface area (Å²) in [6.45, 7) is 1.28. The number of carbonyl (C=O) groups excluding carboxylic acids is 1. The summed E-state index contributed by atoms with van der Waals surface area (Å²) in [6, 6.07) is 14.2. The fraction of sp³-hybridized carbons (Fsp3) is 0.300. The van der Waals surface area contributed by atoms with Crippen molar-refractivity contribution < 1.29 is 24.2 Å². The molecule has 2 aromatic carbocycles. The Morgan fingerprint density at radius 2 is 1.69 bits per heavy atom. The van der Waals surface area contributed by atoms with E-state index in [0.29, 0.717) is 37.5 Å². The van der Waals surface area contributed by atoms with Crippen molar-refractivity contribution in [2.75, 3.05) is 20.3 Å². The molecule has 6 heteroatoms. The van der Waals surface area contributed by atoms with Crippen molar-refractivity contribution in [1.29, 1.82) is 0 Å². The molecule has 138 valence electrons. The molecule has 6 nitrogen and oxygen atoms in total. The van der Waals surface area contributed by atoms with E-state index in [1.54, 1.807) is 31.4 Å². The second kappa shape index (κ2) is 10.2. The van der Waals surface area contributed by atoms with Crippen LogP contribution in [0.15, 0.2) is 48.5 Å². The Kier molecular flexibility index (Phi) is 7.64. The van der Waals surface area contributed by atoms with Crippen molar-refractivity contribution >= 4 is 11.9 Å². The van der Waals surface area contributed by atoms with Crippen LogP contribution in [-0.4, -0.2) is 37.3 Å². The standard InChI is InChI=1S/C20H23NO5/c1-25-12-13-26-18-9-5-3-7-16(18)14-21-19(22)11-10-15-6-2-4-8-17(15)20(23)24/h2-9H,10-14H2,1H3,(H,21,22)(H,23,24). The molecule has 0 aliphatic carbocycles. The van der Waals surface area contributed by atoms with Gasteiger partial charge in [-0.3, -0.25) is 4.79 Å². The van der Waals surface area contributed by atoms with Crippen LogP contribution >= 0.6 is 0 Å². The van der Waals surface area contributed by atoms with Gasteiger partial charge < -0.3 is 19.9 Å². The first kappa shape index (κ1) is 19.5. The second-order valence-corrected chi connectivity index (χ2v) is 5.69. The van der Waals surface area contributed by atoms with Gasteiger partial charge in [0.25, 0.3) is 0 Å². The van der Waals surface area contributed by atoms with Crippen LogP contribution in [0, 0.1) is 0 Å². The zero-order valence-electron chi connectivity index (χ0n) is 14.7. The third-order valence-electron chi connectivity index (χ3n) is 3.86. The van der Waals surface area contributed by atoms with Crippen LogP contribution in [0.2, 0.25) is 0 Å². The van der Waals surface area contributed by atoms with E-state index in [9.17, 15) is 14.7 Å². The molecule has 0 fully saturated rings. The van der Waals surface area contributed by atoms with Crippen LogP contribution in [0.3, 0.4) is 0 Å². The third kappa shape index (κ3) is 5.89. The molecule has 0 unspecified atom stereocenters. The Hall–Kier alpha value is -2.86. The predicted octanol–water partition coefficient (Wildman–Crippen LogP) is 2.66. The third-order valence-corrected chi connectivity index (χ3v) is 3.86. The highest BCUT2D eigenvalue weighted by Crippen LogP contribution is 2.18. The van der Waals surface area contributed by atoms with E-state index in [4.69, 9.17) is 9.47 Å². The van der Waals surface area contributed by atoms with E-state index < -0.39 is 5.97 Å². The number of para-hydroxylation sites is 1. The van der Waals surface area contributed by atoms with Crippen molar-refractivity contribution in [3.05, 3.63) is 65.2 Å². The van der Waals surface area contributed by atoms with Crippen molar-refractivity contribution in [2.24, 2.45) is 0 Å². The Labute approximate surface area is 152 Å². The van der Waals surface area contributed by atoms with Crippen LogP contribution in [0.5, 0.6) is 5.75 Å². The van der Waals surface area contributed by atoms with E-state index in [1.807, 2.05) is 24.3 Å². The number of amides is 1. The molecular weight excluding hydrogens is 334 g/mol. The first-order valence-electron chi connectivity index (χ1n) is 8.39. The lowest BCUT2D eigenvalue weighted by atomic mass is 10.0. The van der Waals surface area contributed by atoms with E-state index in [1.165, 1.54) is 0 Å². The van der Waals surface area contributed by atoms with E-state index in [-0.39, 0.29) is 17.9 Å². The Balaban J connectivity index is 1.87. The highest BCUT2D eigenvalue weighted by molar-refractivity contribution is 5.89. The van der Waals surface area contributed by atoms with Crippen molar-refractivity contribution in [2.45, 2.75) is 19.4 Å². The summed E-state index contributed by atoms with van der Waals surface area (Å²) in [5.74, 6) is -0.416. The number of carboxylic acids is 1. The molecule has 0 heterocycles. The molecule has 0 atom stereocenters. The molecule has 2 aromatic rings. The highest BCUT2D eigenvalue weighted by atomic mass is 16.5. The minimum absolute atomic E-state index is 0.142. The van der Waals surface area contributed by atoms with Gasteiger partial charge >= 0.3 is 5.97 Å². The smallest absolute Gasteiger partial charge is 0.335 e. The lowest BCUT2D eigenvalue weighted by molar-refractivity contribution is -0.121. The topological polar surface area (TPSA) is 84.9 Å². The molecule has 2 rings (SSSR count). The fourth-order valence-corrected chi connectivity index (χ4v) is 2.50. The predicted molar refractivity (Wildman–Crippen MR) is 97.4 cm³/mol. The quantitative estimate of drug-likeness (QED) is 0.639. The molecule has 26 heavy (non-hydrogen) atoms. The second-order valence-electron chi connectivity index (χ2n) is 5.69. The fourth-order valence-electron chi connectivity index (χ4n) is 2.50. The molecule has 0 saturated carbocycles. The lowest BCUT2D eigenvalue weighted by Gasteiger charge is -2.12. The van der Waals surface area contributed by atoms with Crippen LogP contribution in [-0.2, 0) is 22.5 Å². The maximum Gasteiger partial charge on any atom is 0.335 e. The summed E-state index contributed by atoms with van der Waals surface area (Å²) in [6.07, 6.45) is 0.595. The molecule has 0 aromatic heterocycles. The van der Waals surface area contributed by atoms with Gasteiger partial charge in [0.2, 0.25) is 5.91 Å². The number of benzene rings is 2. The molecular formula is C20H23NO5. The van der Waals surface area contributed by atoms with E-state index >= 15 is 0 Å². The summed E-state index contributed by atoms with van der Waals surface area (Å²) in [5, 5.41) is 12.0. The first-order valence-corrected chi connectivity index (χ1v) is 8.39. The summed E-state index contributed by atoms with van der Waals surface area (Å²) < 4.78 is 10.6. The van der Waals surface area contributed by atoms with Crippen LogP contribution in [0.25, 0.3) is 0 Å². The molecule has 0 bridgehead atoms.